The number of carbonyl (C=O) groups excluding carboxylic acids is 3. The van der Waals surface area contributed by atoms with Crippen molar-refractivity contribution in [2.75, 3.05) is 6.54 Å². The first kappa shape index (κ1) is 28.5. The van der Waals surface area contributed by atoms with Crippen LogP contribution in [0.5, 0.6) is 0 Å². The number of imide groups is 1. The Kier molecular flexibility index (Phi) is 8.91. The number of aromatic nitrogens is 4. The fourth-order valence-electron chi connectivity index (χ4n) is 4.59. The minimum Gasteiger partial charge on any atom is -0.444 e. The third-order valence-corrected chi connectivity index (χ3v) is 6.24. The first-order valence-corrected chi connectivity index (χ1v) is 12.8. The zero-order valence-corrected chi connectivity index (χ0v) is 23.0. The molecule has 0 aliphatic carbocycles. The molecule has 11 nitrogen and oxygen atoms in total. The molecule has 1 aliphatic heterocycles. The molecule has 2 atom stereocenters. The lowest BCUT2D eigenvalue weighted by molar-refractivity contribution is -0.136. The Hall–Kier alpha value is -3.05. The van der Waals surface area contributed by atoms with Crippen LogP contribution in [0.1, 0.15) is 66.4 Å². The van der Waals surface area contributed by atoms with Gasteiger partial charge >= 0.3 is 6.09 Å². The van der Waals surface area contributed by atoms with Gasteiger partial charge in [-0.3, -0.25) is 19.8 Å². The number of benzene rings is 1. The minimum atomic E-state index is -1.32. The second kappa shape index (κ2) is 11.6. The second-order valence-electron chi connectivity index (χ2n) is 11.0. The van der Waals surface area contributed by atoms with Crippen molar-refractivity contribution >= 4 is 29.5 Å². The Morgan fingerprint density at radius 3 is 2.57 bits per heavy atom. The van der Waals surface area contributed by atoms with Gasteiger partial charge in [0.05, 0.1) is 11.7 Å². The molecule has 0 bridgehead atoms. The summed E-state index contributed by atoms with van der Waals surface area (Å²) in [6, 6.07) is 4.88. The molecule has 0 saturated carbocycles. The molecule has 1 fully saturated rings. The van der Waals surface area contributed by atoms with Crippen LogP contribution in [0.4, 0.5) is 4.79 Å². The number of hydrogen-bond donors (Lipinski definition) is 2. The van der Waals surface area contributed by atoms with Gasteiger partial charge in [0, 0.05) is 11.6 Å². The summed E-state index contributed by atoms with van der Waals surface area (Å²) in [5.41, 5.74) is -0.443. The molecule has 37 heavy (non-hydrogen) atoms. The number of amides is 3. The number of carbonyl (C=O) groups is 3. The van der Waals surface area contributed by atoms with Crippen molar-refractivity contribution in [1.29, 1.82) is 0 Å². The fourth-order valence-corrected chi connectivity index (χ4v) is 4.78. The number of halogens is 1. The Morgan fingerprint density at radius 1 is 1.22 bits per heavy atom. The van der Waals surface area contributed by atoms with E-state index in [-0.39, 0.29) is 5.92 Å². The van der Waals surface area contributed by atoms with E-state index >= 15 is 0 Å². The van der Waals surface area contributed by atoms with Crippen LogP contribution in [-0.2, 0) is 20.9 Å². The van der Waals surface area contributed by atoms with E-state index in [0.717, 1.165) is 17.7 Å². The van der Waals surface area contributed by atoms with Crippen LogP contribution in [-0.4, -0.2) is 66.7 Å². The van der Waals surface area contributed by atoms with Crippen LogP contribution >= 0.6 is 11.6 Å². The zero-order valence-electron chi connectivity index (χ0n) is 22.2. The van der Waals surface area contributed by atoms with Crippen molar-refractivity contribution in [3.05, 3.63) is 35.1 Å². The average molecular weight is 534 g/mol. The molecule has 0 spiro atoms. The van der Waals surface area contributed by atoms with E-state index in [9.17, 15) is 14.4 Å². The number of likely N-dealkylation sites (tertiary alicyclic amines) is 1. The zero-order chi connectivity index (χ0) is 27.4. The van der Waals surface area contributed by atoms with Gasteiger partial charge in [-0.15, -0.1) is 5.10 Å². The van der Waals surface area contributed by atoms with Crippen molar-refractivity contribution in [2.24, 2.45) is 5.92 Å². The molecular weight excluding hydrogens is 498 g/mol. The smallest absolute Gasteiger partial charge is 0.408 e. The summed E-state index contributed by atoms with van der Waals surface area (Å²) in [5.74, 6) is -0.896. The maximum atomic E-state index is 13.3. The van der Waals surface area contributed by atoms with Crippen LogP contribution in [0, 0.1) is 5.92 Å². The van der Waals surface area contributed by atoms with Gasteiger partial charge in [0.15, 0.2) is 0 Å². The number of alkyl carbamates (subject to hydrolysis) is 1. The molecule has 1 aromatic heterocycles. The van der Waals surface area contributed by atoms with Crippen LogP contribution < -0.4 is 10.6 Å². The highest BCUT2D eigenvalue weighted by Gasteiger charge is 2.40. The van der Waals surface area contributed by atoms with E-state index in [0.29, 0.717) is 31.0 Å². The summed E-state index contributed by atoms with van der Waals surface area (Å²) >= 11 is 6.26. The van der Waals surface area contributed by atoms with Crippen molar-refractivity contribution in [1.82, 2.24) is 35.7 Å². The first-order chi connectivity index (χ1) is 17.3. The van der Waals surface area contributed by atoms with Crippen LogP contribution in [0.15, 0.2) is 24.5 Å². The molecule has 2 heterocycles. The number of tetrazole rings is 1. The lowest BCUT2D eigenvalue weighted by Crippen LogP contribution is -2.60. The predicted octanol–water partition coefficient (Wildman–Crippen LogP) is 3.25. The van der Waals surface area contributed by atoms with E-state index in [1.54, 1.807) is 38.4 Å². The summed E-state index contributed by atoms with van der Waals surface area (Å²) in [6.07, 6.45) is 2.51. The van der Waals surface area contributed by atoms with Crippen molar-refractivity contribution in [3.8, 4) is 5.69 Å². The van der Waals surface area contributed by atoms with Gasteiger partial charge in [-0.1, -0.05) is 25.4 Å². The van der Waals surface area contributed by atoms with Crippen molar-refractivity contribution < 1.29 is 19.1 Å². The third-order valence-electron chi connectivity index (χ3n) is 6.01. The van der Waals surface area contributed by atoms with E-state index < -0.39 is 35.1 Å². The lowest BCUT2D eigenvalue weighted by atomic mass is 9.89. The SMILES string of the molecule is CC(C)C[C@](C)(NC(=O)OC(C)(C)C)C(=O)NC(=O)[C@@H]1CCCN1Cc1cc(Cl)ccc1-n1cnnn1. The summed E-state index contributed by atoms with van der Waals surface area (Å²) in [6.45, 7) is 11.8. The summed E-state index contributed by atoms with van der Waals surface area (Å²) < 4.78 is 6.90. The summed E-state index contributed by atoms with van der Waals surface area (Å²) in [4.78, 5) is 41.1. The van der Waals surface area contributed by atoms with Crippen LogP contribution in [0.25, 0.3) is 5.69 Å². The number of ether oxygens (including phenoxy) is 1. The quantitative estimate of drug-likeness (QED) is 0.528. The van der Waals surface area contributed by atoms with Crippen LogP contribution in [0.2, 0.25) is 5.02 Å². The van der Waals surface area contributed by atoms with Gasteiger partial charge < -0.3 is 10.1 Å². The Labute approximate surface area is 222 Å². The van der Waals surface area contributed by atoms with Crippen molar-refractivity contribution in [3.63, 3.8) is 0 Å². The van der Waals surface area contributed by atoms with Gasteiger partial charge in [0.1, 0.15) is 17.5 Å². The van der Waals surface area contributed by atoms with E-state index in [4.69, 9.17) is 16.3 Å². The largest absolute Gasteiger partial charge is 0.444 e. The number of rotatable bonds is 8. The van der Waals surface area contributed by atoms with Gasteiger partial charge in [-0.25, -0.2) is 9.48 Å². The maximum absolute atomic E-state index is 13.3. The lowest BCUT2D eigenvalue weighted by Gasteiger charge is -2.33. The highest BCUT2D eigenvalue weighted by Crippen LogP contribution is 2.26. The molecule has 1 aromatic carbocycles. The van der Waals surface area contributed by atoms with E-state index in [1.807, 2.05) is 30.9 Å². The summed E-state index contributed by atoms with van der Waals surface area (Å²) in [7, 11) is 0. The first-order valence-electron chi connectivity index (χ1n) is 12.4. The molecule has 1 aliphatic rings. The van der Waals surface area contributed by atoms with Crippen molar-refractivity contribution in [2.45, 2.75) is 84.5 Å². The fraction of sp³-hybridized carbons (Fsp3) is 0.600. The molecule has 0 unspecified atom stereocenters. The highest BCUT2D eigenvalue weighted by molar-refractivity contribution is 6.30. The molecule has 1 saturated heterocycles. The van der Waals surface area contributed by atoms with Gasteiger partial charge in [0.25, 0.3) is 5.91 Å². The normalized spacial score (nSPS) is 17.9. The molecular formula is C25H36ClN7O4. The van der Waals surface area contributed by atoms with Gasteiger partial charge in [-0.2, -0.15) is 0 Å². The average Bonchev–Trinajstić information content (AvgIpc) is 3.44. The predicted molar refractivity (Wildman–Crippen MR) is 138 cm³/mol. The summed E-state index contributed by atoms with van der Waals surface area (Å²) in [5, 5.41) is 17.2. The van der Waals surface area contributed by atoms with Gasteiger partial charge in [0.2, 0.25) is 5.91 Å². The third kappa shape index (κ3) is 7.72. The van der Waals surface area contributed by atoms with E-state index in [1.165, 1.54) is 6.33 Å². The molecule has 12 heteroatoms. The molecule has 2 aromatic rings. The number of nitrogens with zero attached hydrogens (tertiary/aromatic N) is 5. The van der Waals surface area contributed by atoms with Crippen LogP contribution in [0.3, 0.4) is 0 Å². The minimum absolute atomic E-state index is 0.0799. The Morgan fingerprint density at radius 2 is 1.95 bits per heavy atom. The second-order valence-corrected chi connectivity index (χ2v) is 11.5. The molecule has 3 rings (SSSR count). The molecule has 0 radical (unpaired) electrons. The molecule has 202 valence electrons. The molecule has 2 N–H and O–H groups in total. The standard InChI is InChI=1S/C25H36ClN7O4/c1-16(2)13-25(6,29-23(36)37-24(3,4)5)22(35)28-21(34)20-8-7-11-32(20)14-17-12-18(26)9-10-19(17)33-15-27-30-31-33/h9-10,12,15-16,20H,7-8,11,13-14H2,1-6H3,(H,29,36)(H,28,34,35)/t20-,25-/m0/s1. The number of hydrogen-bond acceptors (Lipinski definition) is 8. The monoisotopic (exact) mass is 533 g/mol. The Bertz CT molecular complexity index is 1120. The molecule has 3 amide bonds. The van der Waals surface area contributed by atoms with E-state index in [2.05, 4.69) is 26.2 Å². The highest BCUT2D eigenvalue weighted by atomic mass is 35.5. The number of nitrogens with one attached hydrogen (secondary N) is 2. The topological polar surface area (TPSA) is 131 Å². The Balaban J connectivity index is 1.74. The maximum Gasteiger partial charge on any atom is 0.408 e. The van der Waals surface area contributed by atoms with Gasteiger partial charge in [-0.05, 0) is 93.6 Å².